The van der Waals surface area contributed by atoms with E-state index in [1.807, 2.05) is 6.07 Å². The summed E-state index contributed by atoms with van der Waals surface area (Å²) in [7, 11) is 0. The summed E-state index contributed by atoms with van der Waals surface area (Å²) >= 11 is 7.20. The summed E-state index contributed by atoms with van der Waals surface area (Å²) in [5, 5.41) is 10.3. The fourth-order valence-electron chi connectivity index (χ4n) is 3.50. The molecule has 3 aromatic rings. The van der Waals surface area contributed by atoms with Gasteiger partial charge in [0, 0.05) is 18.1 Å². The molecule has 0 spiro atoms. The summed E-state index contributed by atoms with van der Waals surface area (Å²) in [5.41, 5.74) is -0.100. The lowest BCUT2D eigenvalue weighted by atomic mass is 10.2. The number of halogens is 2. The minimum absolute atomic E-state index is 0.0143. The molecule has 156 valence electrons. The molecule has 1 amide bonds. The number of thiazole rings is 1. The van der Waals surface area contributed by atoms with E-state index in [2.05, 4.69) is 0 Å². The summed E-state index contributed by atoms with van der Waals surface area (Å²) in [4.78, 5) is 27.9. The number of hydrogen-bond donors (Lipinski definition) is 0. The minimum Gasteiger partial charge on any atom is -0.338 e. The number of rotatable bonds is 3. The van der Waals surface area contributed by atoms with Gasteiger partial charge in [0.05, 0.1) is 10.2 Å². The van der Waals surface area contributed by atoms with Crippen LogP contribution in [0.25, 0.3) is 17.3 Å². The van der Waals surface area contributed by atoms with Gasteiger partial charge < -0.3 is 4.90 Å². The van der Waals surface area contributed by atoms with E-state index in [-0.39, 0.29) is 20.5 Å². The number of benzene rings is 2. The second-order valence-electron chi connectivity index (χ2n) is 7.02. The van der Waals surface area contributed by atoms with E-state index in [9.17, 15) is 19.2 Å². The first-order chi connectivity index (χ1) is 15.0. The molecule has 1 aromatic heterocycles. The first-order valence-corrected chi connectivity index (χ1v) is 10.9. The minimum atomic E-state index is -0.626. The van der Waals surface area contributed by atoms with Crippen LogP contribution in [0.2, 0.25) is 5.02 Å². The van der Waals surface area contributed by atoms with E-state index >= 15 is 0 Å². The van der Waals surface area contributed by atoms with Gasteiger partial charge in [-0.1, -0.05) is 41.9 Å². The third-order valence-corrected chi connectivity index (χ3v) is 6.48. The van der Waals surface area contributed by atoms with Crippen LogP contribution in [-0.2, 0) is 4.79 Å². The first-order valence-electron chi connectivity index (χ1n) is 9.68. The lowest BCUT2D eigenvalue weighted by Gasteiger charge is -2.14. The van der Waals surface area contributed by atoms with Crippen molar-refractivity contribution < 1.29 is 9.18 Å². The van der Waals surface area contributed by atoms with E-state index < -0.39 is 17.3 Å². The van der Waals surface area contributed by atoms with Gasteiger partial charge in [-0.15, -0.1) is 11.3 Å². The first kappa shape index (κ1) is 21.0. The fourth-order valence-corrected chi connectivity index (χ4v) is 4.77. The molecule has 0 saturated carbocycles. The third-order valence-electron chi connectivity index (χ3n) is 5.04. The van der Waals surface area contributed by atoms with Crippen molar-refractivity contribution in [2.75, 3.05) is 13.1 Å². The largest absolute Gasteiger partial charge is 0.338 e. The predicted molar refractivity (Wildman–Crippen MR) is 119 cm³/mol. The Morgan fingerprint density at radius 3 is 2.48 bits per heavy atom. The average Bonchev–Trinajstić information content (AvgIpc) is 3.40. The van der Waals surface area contributed by atoms with Crippen LogP contribution in [0.1, 0.15) is 18.4 Å². The van der Waals surface area contributed by atoms with Crippen LogP contribution in [0.15, 0.2) is 53.3 Å². The van der Waals surface area contributed by atoms with Crippen LogP contribution >= 0.6 is 22.9 Å². The van der Waals surface area contributed by atoms with Gasteiger partial charge in [-0.25, -0.2) is 4.39 Å². The molecule has 4 rings (SSSR count). The van der Waals surface area contributed by atoms with Gasteiger partial charge in [0.25, 0.3) is 11.5 Å². The number of para-hydroxylation sites is 1. The van der Waals surface area contributed by atoms with Crippen molar-refractivity contribution in [3.8, 4) is 11.8 Å². The number of carbonyl (C=O) groups excluding carboxylic acids is 1. The lowest BCUT2D eigenvalue weighted by Crippen LogP contribution is -2.35. The van der Waals surface area contributed by atoms with E-state index in [1.54, 1.807) is 41.3 Å². The van der Waals surface area contributed by atoms with E-state index in [0.717, 1.165) is 28.7 Å². The van der Waals surface area contributed by atoms with Crippen molar-refractivity contribution >= 4 is 40.5 Å². The molecule has 2 heterocycles. The highest BCUT2D eigenvalue weighted by Gasteiger charge is 2.25. The van der Waals surface area contributed by atoms with Gasteiger partial charge in [-0.3, -0.25) is 14.2 Å². The summed E-state index contributed by atoms with van der Waals surface area (Å²) in [6.45, 7) is 1.11. The van der Waals surface area contributed by atoms with Crippen LogP contribution in [0, 0.1) is 17.1 Å². The number of carbonyl (C=O) groups is 1. The SMILES string of the molecule is N#C/C(C(=O)N1CCCC1)=c1/s/c(=C/c2ccccc2Cl)c(=O)n1-c1ccccc1F. The molecule has 0 bridgehead atoms. The highest BCUT2D eigenvalue weighted by molar-refractivity contribution is 7.07. The second kappa shape index (κ2) is 8.88. The molecule has 8 heteroatoms. The zero-order chi connectivity index (χ0) is 22.0. The number of nitrogens with zero attached hydrogens (tertiary/aromatic N) is 3. The van der Waals surface area contributed by atoms with Crippen LogP contribution in [0.4, 0.5) is 4.39 Å². The van der Waals surface area contributed by atoms with Crippen molar-refractivity contribution in [3.63, 3.8) is 0 Å². The number of aromatic nitrogens is 1. The van der Waals surface area contributed by atoms with Crippen molar-refractivity contribution in [1.82, 2.24) is 9.47 Å². The number of amides is 1. The summed E-state index contributed by atoms with van der Waals surface area (Å²) in [6, 6.07) is 14.7. The molecule has 0 N–H and O–H groups in total. The van der Waals surface area contributed by atoms with Gasteiger partial charge in [0.15, 0.2) is 5.57 Å². The third kappa shape index (κ3) is 4.05. The van der Waals surface area contributed by atoms with Crippen LogP contribution < -0.4 is 14.8 Å². The Balaban J connectivity index is 2.06. The Hall–Kier alpha value is -3.21. The summed E-state index contributed by atoms with van der Waals surface area (Å²) < 4.78 is 16.1. The van der Waals surface area contributed by atoms with Crippen LogP contribution in [-0.4, -0.2) is 28.5 Å². The summed E-state index contributed by atoms with van der Waals surface area (Å²) in [6.07, 6.45) is 3.31. The topological polar surface area (TPSA) is 66.1 Å². The van der Waals surface area contributed by atoms with Crippen molar-refractivity contribution in [1.29, 1.82) is 5.26 Å². The number of nitriles is 1. The molecule has 1 saturated heterocycles. The maximum atomic E-state index is 14.6. The zero-order valence-corrected chi connectivity index (χ0v) is 17.9. The molecule has 1 fully saturated rings. The van der Waals surface area contributed by atoms with Crippen LogP contribution in [0.3, 0.4) is 0 Å². The Bertz CT molecular complexity index is 1380. The smallest absolute Gasteiger partial charge is 0.273 e. The fraction of sp³-hybridized carbons (Fsp3) is 0.174. The van der Waals surface area contributed by atoms with Crippen molar-refractivity contribution in [3.05, 3.63) is 84.5 Å². The lowest BCUT2D eigenvalue weighted by molar-refractivity contribution is -0.123. The molecule has 1 aliphatic rings. The monoisotopic (exact) mass is 453 g/mol. The van der Waals surface area contributed by atoms with Gasteiger partial charge in [-0.05, 0) is 42.7 Å². The standard InChI is InChI=1S/C23H17ClFN3O2S/c24-17-8-2-1-7-15(17)13-20-22(30)28(19-10-4-3-9-18(19)25)23(31-20)16(14-26)21(29)27-11-5-6-12-27/h1-4,7-10,13H,5-6,11-12H2/b20-13+,23-16-. The molecule has 5 nitrogen and oxygen atoms in total. The maximum absolute atomic E-state index is 14.6. The zero-order valence-electron chi connectivity index (χ0n) is 16.3. The number of hydrogen-bond acceptors (Lipinski definition) is 4. The average molecular weight is 454 g/mol. The predicted octanol–water partition coefficient (Wildman–Crippen LogP) is 2.82. The Morgan fingerprint density at radius 2 is 1.81 bits per heavy atom. The Kier molecular flexibility index (Phi) is 6.03. The molecule has 0 atom stereocenters. The highest BCUT2D eigenvalue weighted by atomic mass is 35.5. The highest BCUT2D eigenvalue weighted by Crippen LogP contribution is 2.16. The van der Waals surface area contributed by atoms with E-state index in [1.165, 1.54) is 18.2 Å². The molecule has 0 radical (unpaired) electrons. The molecule has 2 aromatic carbocycles. The van der Waals surface area contributed by atoms with Crippen molar-refractivity contribution in [2.45, 2.75) is 12.8 Å². The van der Waals surface area contributed by atoms with Gasteiger partial charge in [-0.2, -0.15) is 5.26 Å². The molecule has 31 heavy (non-hydrogen) atoms. The van der Waals surface area contributed by atoms with Crippen molar-refractivity contribution in [2.24, 2.45) is 0 Å². The molecule has 0 unspecified atom stereocenters. The summed E-state index contributed by atoms with van der Waals surface area (Å²) in [5.74, 6) is -1.07. The molecular formula is C23H17ClFN3O2S. The van der Waals surface area contributed by atoms with E-state index in [4.69, 9.17) is 11.6 Å². The second-order valence-corrected chi connectivity index (χ2v) is 8.45. The maximum Gasteiger partial charge on any atom is 0.273 e. The Labute approximate surface area is 186 Å². The van der Waals surface area contributed by atoms with Crippen LogP contribution in [0.5, 0.6) is 0 Å². The quantitative estimate of drug-likeness (QED) is 0.612. The van der Waals surface area contributed by atoms with Gasteiger partial charge >= 0.3 is 0 Å². The molecule has 0 aliphatic carbocycles. The van der Waals surface area contributed by atoms with Gasteiger partial charge in [0.2, 0.25) is 0 Å². The van der Waals surface area contributed by atoms with E-state index in [0.29, 0.717) is 23.7 Å². The molecule has 1 aliphatic heterocycles. The Morgan fingerprint density at radius 1 is 1.13 bits per heavy atom. The normalized spacial score (nSPS) is 15.1. The molecular weight excluding hydrogens is 437 g/mol. The number of likely N-dealkylation sites (tertiary alicyclic amines) is 1. The van der Waals surface area contributed by atoms with Gasteiger partial charge in [0.1, 0.15) is 16.5 Å².